The minimum absolute atomic E-state index is 0.00528. The van der Waals surface area contributed by atoms with Crippen molar-refractivity contribution in [3.05, 3.63) is 58.1 Å². The molecule has 10 heteroatoms. The van der Waals surface area contributed by atoms with E-state index >= 15 is 0 Å². The molecule has 4 heterocycles. The van der Waals surface area contributed by atoms with Gasteiger partial charge in [0.1, 0.15) is 0 Å². The zero-order valence-corrected chi connectivity index (χ0v) is 27.9. The van der Waals surface area contributed by atoms with Crippen LogP contribution in [0.1, 0.15) is 79.8 Å². The van der Waals surface area contributed by atoms with Crippen LogP contribution >= 0.6 is 11.6 Å². The summed E-state index contributed by atoms with van der Waals surface area (Å²) in [5, 5.41) is 3.87. The molecule has 2 aromatic rings. The Morgan fingerprint density at radius 2 is 1.61 bits per heavy atom. The molecular weight excluding hydrogens is 600 g/mol. The van der Waals surface area contributed by atoms with Gasteiger partial charge in [0, 0.05) is 50.4 Å². The lowest BCUT2D eigenvalue weighted by molar-refractivity contribution is -0.143. The number of nitrogen functional groups attached to an aromatic ring is 1. The van der Waals surface area contributed by atoms with Gasteiger partial charge in [0.2, 0.25) is 11.8 Å². The summed E-state index contributed by atoms with van der Waals surface area (Å²) in [6.07, 6.45) is 8.63. The number of fused-ring (bicyclic) bond motifs is 1. The van der Waals surface area contributed by atoms with E-state index in [0.29, 0.717) is 48.5 Å². The van der Waals surface area contributed by atoms with Gasteiger partial charge in [0.15, 0.2) is 0 Å². The number of nitrogens with zero attached hydrogens (tertiary/aromatic N) is 4. The topological polar surface area (TPSA) is 102 Å². The monoisotopic (exact) mass is 648 g/mol. The first-order valence-corrected chi connectivity index (χ1v) is 17.7. The number of amides is 3. The van der Waals surface area contributed by atoms with Crippen molar-refractivity contribution in [1.82, 2.24) is 19.6 Å². The van der Waals surface area contributed by atoms with Crippen LogP contribution in [0.5, 0.6) is 0 Å². The van der Waals surface area contributed by atoms with E-state index in [2.05, 4.69) is 10.2 Å². The molecule has 0 saturated carbocycles. The highest BCUT2D eigenvalue weighted by atomic mass is 35.5. The number of halogens is 1. The maximum atomic E-state index is 14.1. The van der Waals surface area contributed by atoms with Crippen LogP contribution in [0, 0.1) is 5.92 Å². The van der Waals surface area contributed by atoms with Crippen molar-refractivity contribution in [3.8, 4) is 0 Å². The molecule has 0 unspecified atom stereocenters. The molecule has 2 aromatic carbocycles. The van der Waals surface area contributed by atoms with Gasteiger partial charge < -0.3 is 30.7 Å². The fourth-order valence-corrected chi connectivity index (χ4v) is 8.22. The fraction of sp³-hybridized carbons (Fsp3) is 0.583. The summed E-state index contributed by atoms with van der Waals surface area (Å²) in [4.78, 5) is 49.6. The highest BCUT2D eigenvalue weighted by Crippen LogP contribution is 2.30. The van der Waals surface area contributed by atoms with Crippen molar-refractivity contribution < 1.29 is 14.4 Å². The van der Waals surface area contributed by atoms with Gasteiger partial charge in [-0.15, -0.1) is 0 Å². The third-order valence-corrected chi connectivity index (χ3v) is 11.0. The predicted octanol–water partition coefficient (Wildman–Crippen LogP) is 5.03. The van der Waals surface area contributed by atoms with Gasteiger partial charge in [0.25, 0.3) is 5.91 Å². The molecule has 3 saturated heterocycles. The summed E-state index contributed by atoms with van der Waals surface area (Å²) in [6.45, 7) is 7.47. The van der Waals surface area contributed by atoms with Crippen molar-refractivity contribution in [2.24, 2.45) is 5.92 Å². The number of likely N-dealkylation sites (tertiary alicyclic amines) is 3. The van der Waals surface area contributed by atoms with Gasteiger partial charge in [-0.1, -0.05) is 43.1 Å². The summed E-state index contributed by atoms with van der Waals surface area (Å²) >= 11 is 6.51. The second kappa shape index (κ2) is 14.6. The third kappa shape index (κ3) is 7.15. The van der Waals surface area contributed by atoms with E-state index in [1.165, 1.54) is 32.4 Å². The summed E-state index contributed by atoms with van der Waals surface area (Å²) in [7, 11) is 0. The molecule has 46 heavy (non-hydrogen) atoms. The van der Waals surface area contributed by atoms with E-state index in [1.807, 2.05) is 58.0 Å². The Kier molecular flexibility index (Phi) is 10.4. The van der Waals surface area contributed by atoms with E-state index in [1.54, 1.807) is 0 Å². The smallest absolute Gasteiger partial charge is 0.257 e. The lowest BCUT2D eigenvalue weighted by Crippen LogP contribution is -2.52. The van der Waals surface area contributed by atoms with Gasteiger partial charge in [-0.05, 0) is 93.8 Å². The summed E-state index contributed by atoms with van der Waals surface area (Å²) in [5.74, 6) is -0.353. The molecule has 9 nitrogen and oxygen atoms in total. The standard InChI is InChI=1S/C36H49ClN6O3/c1-2-26-20-25(22-31(37)34(26)38)21-27(35(45)42-18-10-28(11-19-42)40-14-6-3-7-15-40)23-33(44)41-16-12-29(13-17-41)43-24-39-32-9-5-4-8-30(32)36(43)46/h4-5,8-9,20,22,27-29,39H,2-3,6-7,10-19,21,23-24,38H2,1H3/t27-/m0/s1. The maximum absolute atomic E-state index is 14.1. The summed E-state index contributed by atoms with van der Waals surface area (Å²) < 4.78 is 0. The number of nitrogens with two attached hydrogens (primary N) is 1. The van der Waals surface area contributed by atoms with Gasteiger partial charge >= 0.3 is 0 Å². The van der Waals surface area contributed by atoms with Gasteiger partial charge in [-0.3, -0.25) is 14.4 Å². The molecule has 0 radical (unpaired) electrons. The molecule has 248 valence electrons. The van der Waals surface area contributed by atoms with Crippen LogP contribution in [0.15, 0.2) is 36.4 Å². The maximum Gasteiger partial charge on any atom is 0.257 e. The van der Waals surface area contributed by atoms with Crippen LogP contribution < -0.4 is 11.1 Å². The molecule has 6 rings (SSSR count). The Bertz CT molecular complexity index is 1410. The summed E-state index contributed by atoms with van der Waals surface area (Å²) in [6, 6.07) is 12.1. The quantitative estimate of drug-likeness (QED) is 0.390. The Balaban J connectivity index is 1.11. The van der Waals surface area contributed by atoms with Crippen LogP contribution in [-0.4, -0.2) is 95.3 Å². The molecule has 0 aromatic heterocycles. The molecule has 0 bridgehead atoms. The number of nitrogens with one attached hydrogen (secondary N) is 1. The molecule has 1 atom stereocenters. The molecule has 0 spiro atoms. The Hall–Kier alpha value is -3.30. The SMILES string of the molecule is CCc1cc(C[C@@H](CC(=O)N2CCC(N3CNc4ccccc4C3=O)CC2)C(=O)N2CCC(N3CCCCC3)CC2)cc(Cl)c1N. The number of carbonyl (C=O) groups excluding carboxylic acids is 3. The second-order valence-corrected chi connectivity index (χ2v) is 13.9. The molecule has 4 aliphatic rings. The van der Waals surface area contributed by atoms with Crippen LogP contribution in [0.2, 0.25) is 5.02 Å². The molecule has 4 aliphatic heterocycles. The number of benzene rings is 2. The van der Waals surface area contributed by atoms with Crippen molar-refractivity contribution in [2.75, 3.05) is 57.0 Å². The van der Waals surface area contributed by atoms with E-state index < -0.39 is 5.92 Å². The number of anilines is 2. The molecule has 3 N–H and O–H groups in total. The largest absolute Gasteiger partial charge is 0.397 e. The van der Waals surface area contributed by atoms with Crippen molar-refractivity contribution in [1.29, 1.82) is 0 Å². The van der Waals surface area contributed by atoms with Gasteiger partial charge in [-0.2, -0.15) is 0 Å². The van der Waals surface area contributed by atoms with E-state index in [4.69, 9.17) is 17.3 Å². The van der Waals surface area contributed by atoms with Crippen molar-refractivity contribution in [3.63, 3.8) is 0 Å². The van der Waals surface area contributed by atoms with Crippen LogP contribution in [0.25, 0.3) is 0 Å². The summed E-state index contributed by atoms with van der Waals surface area (Å²) in [5.41, 5.74) is 10.3. The first kappa shape index (κ1) is 32.6. The number of rotatable bonds is 8. The lowest BCUT2D eigenvalue weighted by atomic mass is 9.90. The zero-order chi connectivity index (χ0) is 32.2. The normalized spacial score (nSPS) is 20.7. The predicted molar refractivity (Wildman–Crippen MR) is 183 cm³/mol. The highest BCUT2D eigenvalue weighted by molar-refractivity contribution is 6.33. The number of carbonyl (C=O) groups is 3. The van der Waals surface area contributed by atoms with Gasteiger partial charge in [0.05, 0.1) is 28.9 Å². The number of hydrogen-bond acceptors (Lipinski definition) is 6. The van der Waals surface area contributed by atoms with Crippen LogP contribution in [-0.2, 0) is 22.4 Å². The number of hydrogen-bond donors (Lipinski definition) is 2. The fourth-order valence-electron chi connectivity index (χ4n) is 7.95. The Labute approximate surface area is 278 Å². The van der Waals surface area contributed by atoms with Crippen LogP contribution in [0.4, 0.5) is 11.4 Å². The molecule has 3 fully saturated rings. The Morgan fingerprint density at radius 1 is 0.935 bits per heavy atom. The van der Waals surface area contributed by atoms with Crippen molar-refractivity contribution in [2.45, 2.75) is 83.2 Å². The van der Waals surface area contributed by atoms with E-state index in [-0.39, 0.29) is 30.2 Å². The van der Waals surface area contributed by atoms with Crippen molar-refractivity contribution >= 4 is 40.7 Å². The minimum Gasteiger partial charge on any atom is -0.397 e. The first-order valence-electron chi connectivity index (χ1n) is 17.3. The third-order valence-electron chi connectivity index (χ3n) is 10.7. The van der Waals surface area contributed by atoms with E-state index in [0.717, 1.165) is 62.0 Å². The highest BCUT2D eigenvalue weighted by Gasteiger charge is 2.36. The first-order chi connectivity index (χ1) is 22.3. The molecular formula is C36H49ClN6O3. The minimum atomic E-state index is -0.467. The van der Waals surface area contributed by atoms with Crippen LogP contribution in [0.3, 0.4) is 0 Å². The lowest BCUT2D eigenvalue weighted by Gasteiger charge is -2.42. The molecule has 0 aliphatic carbocycles. The zero-order valence-electron chi connectivity index (χ0n) is 27.2. The second-order valence-electron chi connectivity index (χ2n) is 13.5. The number of piperidine rings is 3. The Morgan fingerprint density at radius 3 is 2.33 bits per heavy atom. The molecule has 3 amide bonds. The van der Waals surface area contributed by atoms with E-state index in [9.17, 15) is 14.4 Å². The number of para-hydroxylation sites is 1. The van der Waals surface area contributed by atoms with Gasteiger partial charge in [-0.25, -0.2) is 0 Å². The average Bonchev–Trinajstić information content (AvgIpc) is 3.10. The average molecular weight is 649 g/mol. The number of aryl methyl sites for hydroxylation is 1.